The van der Waals surface area contributed by atoms with Crippen molar-refractivity contribution >= 4 is 0 Å². The maximum Gasteiger partial charge on any atom is 0.201 e. The molecule has 0 spiro atoms. The zero-order valence-corrected chi connectivity index (χ0v) is 15.8. The SMILES string of the molecule is CCOc1ccc(-c2ccc(CCc3ccc(OC)cc3F)cc2)c(F)c1F. The van der Waals surface area contributed by atoms with E-state index in [0.29, 0.717) is 29.7 Å². The largest absolute Gasteiger partial charge is 0.497 e. The van der Waals surface area contributed by atoms with Crippen LogP contribution in [-0.4, -0.2) is 13.7 Å². The molecule has 0 saturated carbocycles. The van der Waals surface area contributed by atoms with Crippen molar-refractivity contribution in [3.63, 3.8) is 0 Å². The Bertz CT molecular complexity index is 953. The molecule has 5 heteroatoms. The number of halogens is 3. The Morgan fingerprint density at radius 2 is 1.57 bits per heavy atom. The predicted molar refractivity (Wildman–Crippen MR) is 103 cm³/mol. The van der Waals surface area contributed by atoms with E-state index >= 15 is 0 Å². The molecule has 0 aliphatic rings. The van der Waals surface area contributed by atoms with Crippen LogP contribution >= 0.6 is 0 Å². The number of hydrogen-bond acceptors (Lipinski definition) is 2. The molecule has 2 nitrogen and oxygen atoms in total. The van der Waals surface area contributed by atoms with Crippen LogP contribution in [0.25, 0.3) is 11.1 Å². The summed E-state index contributed by atoms with van der Waals surface area (Å²) in [5, 5.41) is 0. The van der Waals surface area contributed by atoms with Crippen LogP contribution < -0.4 is 9.47 Å². The number of aryl methyl sites for hydroxylation is 2. The average Bonchev–Trinajstić information content (AvgIpc) is 2.71. The Kier molecular flexibility index (Phi) is 6.24. The molecule has 0 saturated heterocycles. The molecule has 0 N–H and O–H groups in total. The van der Waals surface area contributed by atoms with Gasteiger partial charge < -0.3 is 9.47 Å². The molecule has 0 unspecified atom stereocenters. The lowest BCUT2D eigenvalue weighted by Gasteiger charge is -2.10. The molecule has 3 rings (SSSR count). The lowest BCUT2D eigenvalue weighted by molar-refractivity contribution is 0.314. The second-order valence-corrected chi connectivity index (χ2v) is 6.33. The summed E-state index contributed by atoms with van der Waals surface area (Å²) < 4.78 is 52.5. The monoisotopic (exact) mass is 386 g/mol. The lowest BCUT2D eigenvalue weighted by atomic mass is 9.99. The summed E-state index contributed by atoms with van der Waals surface area (Å²) in [6, 6.07) is 14.9. The topological polar surface area (TPSA) is 18.5 Å². The highest BCUT2D eigenvalue weighted by molar-refractivity contribution is 5.65. The van der Waals surface area contributed by atoms with Crippen LogP contribution in [0.15, 0.2) is 54.6 Å². The molecular formula is C23H21F3O2. The number of methoxy groups -OCH3 is 1. The van der Waals surface area contributed by atoms with Crippen molar-refractivity contribution in [2.24, 2.45) is 0 Å². The minimum absolute atomic E-state index is 0.0955. The Morgan fingerprint density at radius 3 is 2.21 bits per heavy atom. The molecule has 28 heavy (non-hydrogen) atoms. The van der Waals surface area contributed by atoms with Crippen molar-refractivity contribution in [2.45, 2.75) is 19.8 Å². The van der Waals surface area contributed by atoms with Gasteiger partial charge in [-0.3, -0.25) is 0 Å². The maximum atomic E-state index is 14.3. The number of rotatable bonds is 7. The normalized spacial score (nSPS) is 10.8. The molecule has 0 fully saturated rings. The van der Waals surface area contributed by atoms with Gasteiger partial charge in [-0.25, -0.2) is 8.78 Å². The van der Waals surface area contributed by atoms with Gasteiger partial charge in [-0.1, -0.05) is 30.3 Å². The van der Waals surface area contributed by atoms with Crippen molar-refractivity contribution in [1.82, 2.24) is 0 Å². The zero-order chi connectivity index (χ0) is 20.1. The van der Waals surface area contributed by atoms with Gasteiger partial charge in [0, 0.05) is 11.6 Å². The Labute approximate surface area is 162 Å². The van der Waals surface area contributed by atoms with Gasteiger partial charge >= 0.3 is 0 Å². The second kappa shape index (κ2) is 8.83. The fourth-order valence-electron chi connectivity index (χ4n) is 3.01. The highest BCUT2D eigenvalue weighted by Gasteiger charge is 2.15. The molecule has 3 aromatic carbocycles. The fraction of sp³-hybridized carbons (Fsp3) is 0.217. The van der Waals surface area contributed by atoms with Gasteiger partial charge in [-0.15, -0.1) is 0 Å². The van der Waals surface area contributed by atoms with E-state index in [-0.39, 0.29) is 23.7 Å². The van der Waals surface area contributed by atoms with Gasteiger partial charge in [0.05, 0.1) is 13.7 Å². The lowest BCUT2D eigenvalue weighted by Crippen LogP contribution is -1.99. The van der Waals surface area contributed by atoms with Gasteiger partial charge in [0.25, 0.3) is 0 Å². The second-order valence-electron chi connectivity index (χ2n) is 6.33. The average molecular weight is 386 g/mol. The summed E-state index contributed by atoms with van der Waals surface area (Å²) in [5.74, 6) is -1.84. The molecule has 0 aliphatic carbocycles. The van der Waals surface area contributed by atoms with E-state index in [4.69, 9.17) is 9.47 Å². The number of hydrogen-bond donors (Lipinski definition) is 0. The third kappa shape index (κ3) is 4.30. The smallest absolute Gasteiger partial charge is 0.201 e. The Morgan fingerprint density at radius 1 is 0.821 bits per heavy atom. The number of benzene rings is 3. The first-order valence-corrected chi connectivity index (χ1v) is 9.06. The molecule has 0 atom stereocenters. The fourth-order valence-corrected chi connectivity index (χ4v) is 3.01. The van der Waals surface area contributed by atoms with Crippen LogP contribution in [0.4, 0.5) is 13.2 Å². The summed E-state index contributed by atoms with van der Waals surface area (Å²) in [5.41, 5.74) is 2.32. The van der Waals surface area contributed by atoms with Gasteiger partial charge in [0.1, 0.15) is 11.6 Å². The quantitative estimate of drug-likeness (QED) is 0.499. The molecule has 0 radical (unpaired) electrons. The highest BCUT2D eigenvalue weighted by Crippen LogP contribution is 2.30. The van der Waals surface area contributed by atoms with Gasteiger partial charge in [0.2, 0.25) is 5.82 Å². The van der Waals surface area contributed by atoms with E-state index in [0.717, 1.165) is 5.56 Å². The van der Waals surface area contributed by atoms with E-state index in [9.17, 15) is 13.2 Å². The van der Waals surface area contributed by atoms with Crippen LogP contribution in [0.3, 0.4) is 0 Å². The molecule has 0 heterocycles. The molecule has 146 valence electrons. The summed E-state index contributed by atoms with van der Waals surface area (Å²) >= 11 is 0. The van der Waals surface area contributed by atoms with Gasteiger partial charge in [0.15, 0.2) is 11.6 Å². The molecule has 0 aliphatic heterocycles. The summed E-state index contributed by atoms with van der Waals surface area (Å²) in [7, 11) is 1.50. The summed E-state index contributed by atoms with van der Waals surface area (Å²) in [6.07, 6.45) is 1.16. The first-order valence-electron chi connectivity index (χ1n) is 9.06. The van der Waals surface area contributed by atoms with Gasteiger partial charge in [-0.05, 0) is 54.7 Å². The Balaban J connectivity index is 1.73. The van der Waals surface area contributed by atoms with E-state index in [1.807, 2.05) is 12.1 Å². The van der Waals surface area contributed by atoms with Crippen LogP contribution in [-0.2, 0) is 12.8 Å². The van der Waals surface area contributed by atoms with Gasteiger partial charge in [-0.2, -0.15) is 4.39 Å². The third-order valence-corrected chi connectivity index (χ3v) is 4.55. The van der Waals surface area contributed by atoms with Crippen LogP contribution in [0.5, 0.6) is 11.5 Å². The minimum atomic E-state index is -0.988. The van der Waals surface area contributed by atoms with E-state index < -0.39 is 11.6 Å². The third-order valence-electron chi connectivity index (χ3n) is 4.55. The summed E-state index contributed by atoms with van der Waals surface area (Å²) in [4.78, 5) is 0. The molecule has 0 bridgehead atoms. The minimum Gasteiger partial charge on any atom is -0.497 e. The molecular weight excluding hydrogens is 365 g/mol. The molecule has 0 amide bonds. The molecule has 0 aromatic heterocycles. The van der Waals surface area contributed by atoms with Crippen LogP contribution in [0.2, 0.25) is 0 Å². The van der Waals surface area contributed by atoms with Crippen LogP contribution in [0.1, 0.15) is 18.1 Å². The van der Waals surface area contributed by atoms with Crippen molar-refractivity contribution in [3.8, 4) is 22.6 Å². The van der Waals surface area contributed by atoms with Crippen molar-refractivity contribution in [2.75, 3.05) is 13.7 Å². The van der Waals surface area contributed by atoms with E-state index in [2.05, 4.69) is 0 Å². The Hall–Kier alpha value is -2.95. The first-order chi connectivity index (χ1) is 13.5. The number of ether oxygens (including phenoxy) is 2. The zero-order valence-electron chi connectivity index (χ0n) is 15.8. The standard InChI is InChI=1S/C23H21F3O2/c1-3-28-21-13-12-19(22(25)23(21)26)16-7-4-15(5-8-16)6-9-17-10-11-18(27-2)14-20(17)24/h4-5,7-8,10-14H,3,6,9H2,1-2H3. The van der Waals surface area contributed by atoms with E-state index in [1.165, 1.54) is 25.3 Å². The highest BCUT2D eigenvalue weighted by atomic mass is 19.2. The maximum absolute atomic E-state index is 14.3. The first kappa shape index (κ1) is 19.8. The molecule has 3 aromatic rings. The van der Waals surface area contributed by atoms with Crippen molar-refractivity contribution < 1.29 is 22.6 Å². The summed E-state index contributed by atoms with van der Waals surface area (Å²) in [6.45, 7) is 1.97. The van der Waals surface area contributed by atoms with Crippen molar-refractivity contribution in [3.05, 3.63) is 83.2 Å². The predicted octanol–water partition coefficient (Wildman–Crippen LogP) is 5.96. The van der Waals surface area contributed by atoms with E-state index in [1.54, 1.807) is 31.2 Å². The van der Waals surface area contributed by atoms with Crippen LogP contribution in [0, 0.1) is 17.5 Å². The van der Waals surface area contributed by atoms with Crippen molar-refractivity contribution in [1.29, 1.82) is 0 Å².